The van der Waals surface area contributed by atoms with Gasteiger partial charge in [-0.2, -0.15) is 0 Å². The van der Waals surface area contributed by atoms with Crippen molar-refractivity contribution in [2.75, 3.05) is 0 Å². The lowest BCUT2D eigenvalue weighted by Gasteiger charge is -2.11. The first-order chi connectivity index (χ1) is 12.4. The van der Waals surface area contributed by atoms with Gasteiger partial charge in [0.2, 0.25) is 0 Å². The Labute approximate surface area is 148 Å². The van der Waals surface area contributed by atoms with Gasteiger partial charge in [0.15, 0.2) is 0 Å². The maximum Gasteiger partial charge on any atom is 0.338 e. The van der Waals surface area contributed by atoms with Crippen LogP contribution in [0.1, 0.15) is 30.6 Å². The summed E-state index contributed by atoms with van der Waals surface area (Å²) in [5.74, 6) is -0.659. The second-order valence-electron chi connectivity index (χ2n) is 5.75. The van der Waals surface area contributed by atoms with E-state index in [1.54, 1.807) is 6.92 Å². The highest BCUT2D eigenvalue weighted by Gasteiger charge is 2.17. The average Bonchev–Trinajstić information content (AvgIpc) is 3.04. The van der Waals surface area contributed by atoms with Crippen molar-refractivity contribution in [2.45, 2.75) is 26.4 Å². The van der Waals surface area contributed by atoms with Crippen molar-refractivity contribution in [3.8, 4) is 11.4 Å². The van der Waals surface area contributed by atoms with E-state index in [0.29, 0.717) is 17.5 Å². The second kappa shape index (κ2) is 6.79. The minimum Gasteiger partial charge on any atom is -0.506 e. The van der Waals surface area contributed by atoms with E-state index in [9.17, 15) is 20.0 Å². The number of carbonyl (C=O) groups excluding carboxylic acids is 1. The van der Waals surface area contributed by atoms with Crippen LogP contribution < -0.4 is 0 Å². The Morgan fingerprint density at radius 1 is 1.27 bits per heavy atom. The van der Waals surface area contributed by atoms with Crippen molar-refractivity contribution in [3.63, 3.8) is 0 Å². The lowest BCUT2D eigenvalue weighted by molar-refractivity contribution is -0.384. The summed E-state index contributed by atoms with van der Waals surface area (Å²) in [7, 11) is 0. The highest BCUT2D eigenvalue weighted by Crippen LogP contribution is 2.25. The number of esters is 1. The maximum atomic E-state index is 12.2. The molecule has 1 aromatic heterocycles. The second-order valence-corrected chi connectivity index (χ2v) is 5.75. The molecule has 0 radical (unpaired) electrons. The van der Waals surface area contributed by atoms with Gasteiger partial charge >= 0.3 is 5.97 Å². The van der Waals surface area contributed by atoms with E-state index in [4.69, 9.17) is 4.74 Å². The molecule has 0 saturated carbocycles. The summed E-state index contributed by atoms with van der Waals surface area (Å²) in [6, 6.07) is 8.27. The Morgan fingerprint density at radius 3 is 2.69 bits per heavy atom. The van der Waals surface area contributed by atoms with Crippen LogP contribution in [0.5, 0.6) is 5.75 Å². The van der Waals surface area contributed by atoms with Crippen LogP contribution in [0.25, 0.3) is 16.7 Å². The molecule has 0 aliphatic rings. The summed E-state index contributed by atoms with van der Waals surface area (Å²) in [5.41, 5.74) is 1.02. The standard InChI is InChI=1S/C17H16N4O5/c1-3-10(2)26-17(23)11-4-7-16(22)15(8-11)20-18-13-6-5-12(21(24)25)9-14(13)19-20/h4-10,22H,3H2,1-2H3. The molecule has 3 aromatic rings. The Hall–Kier alpha value is -3.49. The number of rotatable bonds is 5. The number of nitro groups is 1. The molecule has 9 nitrogen and oxygen atoms in total. The van der Waals surface area contributed by atoms with Crippen LogP contribution in [-0.4, -0.2) is 37.1 Å². The van der Waals surface area contributed by atoms with Crippen molar-refractivity contribution in [3.05, 3.63) is 52.1 Å². The molecule has 0 bridgehead atoms. The molecule has 0 aliphatic carbocycles. The molecule has 2 aromatic carbocycles. The number of hydrogen-bond acceptors (Lipinski definition) is 7. The van der Waals surface area contributed by atoms with Crippen molar-refractivity contribution in [1.29, 1.82) is 0 Å². The molecular weight excluding hydrogens is 340 g/mol. The van der Waals surface area contributed by atoms with Crippen molar-refractivity contribution in [2.24, 2.45) is 0 Å². The Morgan fingerprint density at radius 2 is 2.00 bits per heavy atom. The zero-order chi connectivity index (χ0) is 18.8. The molecule has 0 saturated heterocycles. The number of nitrogens with zero attached hydrogens (tertiary/aromatic N) is 4. The Balaban J connectivity index is 2.00. The molecule has 1 atom stereocenters. The minimum atomic E-state index is -0.526. The number of phenols is 1. The van der Waals surface area contributed by atoms with Crippen LogP contribution >= 0.6 is 0 Å². The first-order valence-corrected chi connectivity index (χ1v) is 7.95. The van der Waals surface area contributed by atoms with Crippen molar-refractivity contribution in [1.82, 2.24) is 15.0 Å². The van der Waals surface area contributed by atoms with Gasteiger partial charge in [-0.1, -0.05) is 6.92 Å². The van der Waals surface area contributed by atoms with Gasteiger partial charge in [-0.3, -0.25) is 10.1 Å². The van der Waals surface area contributed by atoms with E-state index in [0.717, 1.165) is 4.80 Å². The number of fused-ring (bicyclic) bond motifs is 1. The summed E-state index contributed by atoms with van der Waals surface area (Å²) in [6.45, 7) is 3.69. The summed E-state index contributed by atoms with van der Waals surface area (Å²) in [5, 5.41) is 29.3. The highest BCUT2D eigenvalue weighted by atomic mass is 16.6. The van der Waals surface area contributed by atoms with Gasteiger partial charge in [-0.05, 0) is 37.6 Å². The van der Waals surface area contributed by atoms with Gasteiger partial charge in [0.25, 0.3) is 5.69 Å². The molecule has 0 amide bonds. The van der Waals surface area contributed by atoms with Gasteiger partial charge in [0.05, 0.1) is 16.6 Å². The molecule has 3 rings (SSSR count). The molecule has 26 heavy (non-hydrogen) atoms. The number of benzene rings is 2. The summed E-state index contributed by atoms with van der Waals surface area (Å²) >= 11 is 0. The van der Waals surface area contributed by atoms with E-state index in [-0.39, 0.29) is 28.8 Å². The summed E-state index contributed by atoms with van der Waals surface area (Å²) < 4.78 is 5.27. The number of aromatic hydroxyl groups is 1. The lowest BCUT2D eigenvalue weighted by atomic mass is 10.2. The van der Waals surface area contributed by atoms with Crippen LogP contribution in [0, 0.1) is 10.1 Å². The SMILES string of the molecule is CCC(C)OC(=O)c1ccc(O)c(-n2nc3ccc([N+](=O)[O-])cc3n2)c1. The molecule has 1 unspecified atom stereocenters. The fourth-order valence-electron chi connectivity index (χ4n) is 2.27. The Bertz CT molecular complexity index is 998. The maximum absolute atomic E-state index is 12.2. The monoisotopic (exact) mass is 356 g/mol. The summed E-state index contributed by atoms with van der Waals surface area (Å²) in [4.78, 5) is 23.6. The molecule has 9 heteroatoms. The zero-order valence-corrected chi connectivity index (χ0v) is 14.1. The number of carbonyl (C=O) groups is 1. The highest BCUT2D eigenvalue weighted by molar-refractivity contribution is 5.90. The zero-order valence-electron chi connectivity index (χ0n) is 14.1. The quantitative estimate of drug-likeness (QED) is 0.424. The van der Waals surface area contributed by atoms with Crippen molar-refractivity contribution < 1.29 is 19.6 Å². The number of phenolic OH excluding ortho intramolecular Hbond substituents is 1. The van der Waals surface area contributed by atoms with E-state index in [1.807, 2.05) is 6.92 Å². The van der Waals surface area contributed by atoms with Crippen LogP contribution in [0.3, 0.4) is 0 Å². The predicted molar refractivity (Wildman–Crippen MR) is 92.4 cm³/mol. The fraction of sp³-hybridized carbons (Fsp3) is 0.235. The normalized spacial score (nSPS) is 12.1. The third kappa shape index (κ3) is 3.32. The molecule has 1 heterocycles. The van der Waals surface area contributed by atoms with Gasteiger partial charge in [-0.15, -0.1) is 15.0 Å². The molecule has 134 valence electrons. The average molecular weight is 356 g/mol. The van der Waals surface area contributed by atoms with Crippen LogP contribution in [-0.2, 0) is 4.74 Å². The largest absolute Gasteiger partial charge is 0.506 e. The van der Waals surface area contributed by atoms with E-state index < -0.39 is 10.9 Å². The molecule has 1 N–H and O–H groups in total. The first-order valence-electron chi connectivity index (χ1n) is 7.95. The van der Waals surface area contributed by atoms with Gasteiger partial charge in [0, 0.05) is 12.1 Å². The van der Waals surface area contributed by atoms with Crippen LogP contribution in [0.4, 0.5) is 5.69 Å². The molecule has 0 fully saturated rings. The first kappa shape index (κ1) is 17.3. The number of ether oxygens (including phenoxy) is 1. The van der Waals surface area contributed by atoms with Gasteiger partial charge < -0.3 is 9.84 Å². The number of non-ortho nitro benzene ring substituents is 1. The molecule has 0 aliphatic heterocycles. The van der Waals surface area contributed by atoms with Crippen molar-refractivity contribution >= 4 is 22.7 Å². The lowest BCUT2D eigenvalue weighted by Crippen LogP contribution is -2.14. The van der Waals surface area contributed by atoms with E-state index in [1.165, 1.54) is 36.4 Å². The minimum absolute atomic E-state index is 0.111. The van der Waals surface area contributed by atoms with Gasteiger partial charge in [-0.25, -0.2) is 4.79 Å². The smallest absolute Gasteiger partial charge is 0.338 e. The molecule has 0 spiro atoms. The predicted octanol–water partition coefficient (Wildman–Crippen LogP) is 2.99. The third-order valence-corrected chi connectivity index (χ3v) is 3.88. The number of hydrogen-bond donors (Lipinski definition) is 1. The van der Waals surface area contributed by atoms with E-state index in [2.05, 4.69) is 10.2 Å². The van der Waals surface area contributed by atoms with Crippen LogP contribution in [0.2, 0.25) is 0 Å². The van der Waals surface area contributed by atoms with Gasteiger partial charge in [0.1, 0.15) is 22.5 Å². The third-order valence-electron chi connectivity index (χ3n) is 3.88. The fourth-order valence-corrected chi connectivity index (χ4v) is 2.27. The topological polar surface area (TPSA) is 120 Å². The Kier molecular flexibility index (Phi) is 4.53. The van der Waals surface area contributed by atoms with Crippen LogP contribution in [0.15, 0.2) is 36.4 Å². The number of nitro benzene ring substituents is 1. The summed E-state index contributed by atoms with van der Waals surface area (Å²) in [6.07, 6.45) is 0.451. The molecular formula is C17H16N4O5. The number of aromatic nitrogens is 3. The van der Waals surface area contributed by atoms with E-state index >= 15 is 0 Å².